The van der Waals surface area contributed by atoms with Crippen molar-refractivity contribution in [3.8, 4) is 17.1 Å². The zero-order valence-corrected chi connectivity index (χ0v) is 14.9. The number of amides is 2. The summed E-state index contributed by atoms with van der Waals surface area (Å²) in [5.74, 6) is 0.883. The maximum absolute atomic E-state index is 11.4. The minimum atomic E-state index is -0.610. The van der Waals surface area contributed by atoms with Gasteiger partial charge in [-0.25, -0.2) is 9.78 Å². The van der Waals surface area contributed by atoms with E-state index in [2.05, 4.69) is 20.4 Å². The Morgan fingerprint density at radius 1 is 1.18 bits per heavy atom. The summed E-state index contributed by atoms with van der Waals surface area (Å²) in [7, 11) is 0. The second kappa shape index (κ2) is 7.75. The van der Waals surface area contributed by atoms with Gasteiger partial charge in [-0.1, -0.05) is 47.6 Å². The maximum Gasteiger partial charge on any atom is 0.312 e. The molecule has 8 heteroatoms. The van der Waals surface area contributed by atoms with Crippen molar-refractivity contribution in [2.24, 2.45) is 5.73 Å². The molecule has 0 aliphatic carbocycles. The van der Waals surface area contributed by atoms with E-state index >= 15 is 0 Å². The van der Waals surface area contributed by atoms with E-state index in [1.807, 2.05) is 65.4 Å². The van der Waals surface area contributed by atoms with Crippen LogP contribution in [0.5, 0.6) is 0 Å². The van der Waals surface area contributed by atoms with E-state index in [4.69, 9.17) is 10.3 Å². The summed E-state index contributed by atoms with van der Waals surface area (Å²) in [5, 5.41) is 6.80. The Kier molecular flexibility index (Phi) is 4.83. The van der Waals surface area contributed by atoms with Gasteiger partial charge in [-0.15, -0.1) is 0 Å². The van der Waals surface area contributed by atoms with Crippen LogP contribution in [0, 0.1) is 0 Å². The molecule has 4 aromatic rings. The molecule has 0 radical (unpaired) electrons. The lowest BCUT2D eigenvalue weighted by molar-refractivity contribution is 0.244. The van der Waals surface area contributed by atoms with Gasteiger partial charge in [-0.05, 0) is 17.7 Å². The zero-order chi connectivity index (χ0) is 19.3. The number of urea groups is 1. The first kappa shape index (κ1) is 17.5. The molecule has 2 amide bonds. The summed E-state index contributed by atoms with van der Waals surface area (Å²) in [6.45, 7) is 0. The number of carbonyl (C=O) groups is 1. The molecular formula is C20H18N6O2. The molecular weight excluding hydrogens is 356 g/mol. The van der Waals surface area contributed by atoms with E-state index in [1.165, 1.54) is 0 Å². The summed E-state index contributed by atoms with van der Waals surface area (Å²) >= 11 is 0. The largest absolute Gasteiger partial charge is 0.352 e. The van der Waals surface area contributed by atoms with Crippen LogP contribution >= 0.6 is 0 Å². The van der Waals surface area contributed by atoms with Crippen molar-refractivity contribution in [2.45, 2.75) is 12.5 Å². The first-order valence-electron chi connectivity index (χ1n) is 8.71. The second-order valence-electron chi connectivity index (χ2n) is 6.21. The summed E-state index contributed by atoms with van der Waals surface area (Å²) in [5.41, 5.74) is 7.99. The van der Waals surface area contributed by atoms with Gasteiger partial charge in [0, 0.05) is 23.6 Å². The number of nitrogens with two attached hydrogens (primary N) is 1. The van der Waals surface area contributed by atoms with Crippen LogP contribution < -0.4 is 11.1 Å². The summed E-state index contributed by atoms with van der Waals surface area (Å²) in [6, 6.07) is 16.3. The molecule has 3 N–H and O–H groups in total. The molecule has 0 aliphatic rings. The average molecular weight is 374 g/mol. The maximum atomic E-state index is 11.4. The monoisotopic (exact) mass is 374 g/mol. The third kappa shape index (κ3) is 3.90. The standard InChI is InChI=1S/C20H18N6O2/c21-20(27)23-17(14-5-2-1-3-6-14)12-18-24-19(25-28-18)15-7-4-8-16(11-15)26-10-9-22-13-26/h1-11,13,17H,12H2,(H3,21,23,27). The Labute approximate surface area is 161 Å². The first-order chi connectivity index (χ1) is 13.7. The molecule has 1 atom stereocenters. The van der Waals surface area contributed by atoms with Crippen LogP contribution in [0.3, 0.4) is 0 Å². The zero-order valence-electron chi connectivity index (χ0n) is 14.9. The molecule has 0 saturated carbocycles. The third-order valence-electron chi connectivity index (χ3n) is 4.27. The van der Waals surface area contributed by atoms with Gasteiger partial charge in [0.15, 0.2) is 0 Å². The SMILES string of the molecule is NC(=O)NC(Cc1nc(-c2cccc(-n3ccnc3)c2)no1)c1ccccc1. The van der Waals surface area contributed by atoms with Crippen LogP contribution in [0.4, 0.5) is 4.79 Å². The number of nitrogens with zero attached hydrogens (tertiary/aromatic N) is 4. The molecule has 140 valence electrons. The van der Waals surface area contributed by atoms with Crippen molar-refractivity contribution in [3.05, 3.63) is 84.8 Å². The van der Waals surface area contributed by atoms with Gasteiger partial charge in [-0.3, -0.25) is 0 Å². The minimum Gasteiger partial charge on any atom is -0.352 e. The molecule has 0 fully saturated rings. The summed E-state index contributed by atoms with van der Waals surface area (Å²) in [6.07, 6.45) is 5.64. The van der Waals surface area contributed by atoms with Crippen molar-refractivity contribution < 1.29 is 9.32 Å². The van der Waals surface area contributed by atoms with E-state index in [0.717, 1.165) is 16.8 Å². The normalized spacial score (nSPS) is 11.9. The average Bonchev–Trinajstić information content (AvgIpc) is 3.40. The smallest absolute Gasteiger partial charge is 0.312 e. The number of primary amides is 1. The molecule has 8 nitrogen and oxygen atoms in total. The lowest BCUT2D eigenvalue weighted by Crippen LogP contribution is -2.34. The molecule has 0 saturated heterocycles. The number of carbonyl (C=O) groups excluding carboxylic acids is 1. The highest BCUT2D eigenvalue weighted by Gasteiger charge is 2.18. The molecule has 1 unspecified atom stereocenters. The van der Waals surface area contributed by atoms with Crippen LogP contribution in [0.2, 0.25) is 0 Å². The molecule has 4 rings (SSSR count). The van der Waals surface area contributed by atoms with Crippen molar-refractivity contribution in [1.29, 1.82) is 0 Å². The Morgan fingerprint density at radius 2 is 2.04 bits per heavy atom. The minimum absolute atomic E-state index is 0.334. The van der Waals surface area contributed by atoms with Crippen LogP contribution in [0.25, 0.3) is 17.1 Å². The van der Waals surface area contributed by atoms with E-state index in [1.54, 1.807) is 12.5 Å². The summed E-state index contributed by atoms with van der Waals surface area (Å²) < 4.78 is 7.31. The highest BCUT2D eigenvalue weighted by Crippen LogP contribution is 2.22. The van der Waals surface area contributed by atoms with Crippen molar-refractivity contribution in [1.82, 2.24) is 25.0 Å². The molecule has 28 heavy (non-hydrogen) atoms. The van der Waals surface area contributed by atoms with Gasteiger partial charge < -0.3 is 20.1 Å². The quantitative estimate of drug-likeness (QED) is 0.539. The lowest BCUT2D eigenvalue weighted by Gasteiger charge is -2.15. The van der Waals surface area contributed by atoms with Crippen molar-refractivity contribution >= 4 is 6.03 Å². The van der Waals surface area contributed by atoms with Crippen LogP contribution in [-0.2, 0) is 6.42 Å². The van der Waals surface area contributed by atoms with Gasteiger partial charge in [0.2, 0.25) is 11.7 Å². The Hall–Kier alpha value is -3.94. The molecule has 2 heterocycles. The number of hydrogen-bond acceptors (Lipinski definition) is 5. The number of nitrogens with one attached hydrogen (secondary N) is 1. The van der Waals surface area contributed by atoms with Gasteiger partial charge in [-0.2, -0.15) is 4.98 Å². The fourth-order valence-corrected chi connectivity index (χ4v) is 2.96. The van der Waals surface area contributed by atoms with E-state index in [9.17, 15) is 4.79 Å². The predicted octanol–water partition coefficient (Wildman–Crippen LogP) is 2.87. The molecule has 0 spiro atoms. The number of aromatic nitrogens is 4. The fourth-order valence-electron chi connectivity index (χ4n) is 2.96. The lowest BCUT2D eigenvalue weighted by atomic mass is 10.0. The number of hydrogen-bond donors (Lipinski definition) is 2. The predicted molar refractivity (Wildman–Crippen MR) is 102 cm³/mol. The molecule has 0 bridgehead atoms. The second-order valence-corrected chi connectivity index (χ2v) is 6.21. The molecule has 0 aliphatic heterocycles. The Balaban J connectivity index is 1.57. The van der Waals surface area contributed by atoms with E-state index in [0.29, 0.717) is 18.1 Å². The van der Waals surface area contributed by atoms with Gasteiger partial charge in [0.05, 0.1) is 18.8 Å². The van der Waals surface area contributed by atoms with E-state index < -0.39 is 6.03 Å². The van der Waals surface area contributed by atoms with Gasteiger partial charge >= 0.3 is 6.03 Å². The highest BCUT2D eigenvalue weighted by molar-refractivity contribution is 5.72. The van der Waals surface area contributed by atoms with Gasteiger partial charge in [0.25, 0.3) is 0 Å². The van der Waals surface area contributed by atoms with Crippen molar-refractivity contribution in [3.63, 3.8) is 0 Å². The topological polar surface area (TPSA) is 112 Å². The van der Waals surface area contributed by atoms with Gasteiger partial charge in [0.1, 0.15) is 0 Å². The number of rotatable bonds is 6. The molecule has 2 aromatic heterocycles. The fraction of sp³-hybridized carbons (Fsp3) is 0.100. The van der Waals surface area contributed by atoms with Crippen LogP contribution in [-0.4, -0.2) is 25.7 Å². The third-order valence-corrected chi connectivity index (χ3v) is 4.27. The van der Waals surface area contributed by atoms with Crippen LogP contribution in [0.1, 0.15) is 17.5 Å². The summed E-state index contributed by atoms with van der Waals surface area (Å²) in [4.78, 5) is 19.9. The molecule has 2 aromatic carbocycles. The van der Waals surface area contributed by atoms with E-state index in [-0.39, 0.29) is 6.04 Å². The van der Waals surface area contributed by atoms with Crippen LogP contribution in [0.15, 0.2) is 77.8 Å². The Bertz CT molecular complexity index is 1060. The number of imidazole rings is 1. The first-order valence-corrected chi connectivity index (χ1v) is 8.71. The Morgan fingerprint density at radius 3 is 2.79 bits per heavy atom. The number of benzene rings is 2. The highest BCUT2D eigenvalue weighted by atomic mass is 16.5. The van der Waals surface area contributed by atoms with Crippen molar-refractivity contribution in [2.75, 3.05) is 0 Å².